The zero-order valence-electron chi connectivity index (χ0n) is 15.4. The van der Waals surface area contributed by atoms with Crippen LogP contribution < -0.4 is 10.3 Å². The molecule has 0 saturated heterocycles. The van der Waals surface area contributed by atoms with E-state index in [1.807, 2.05) is 0 Å². The molecule has 3 aromatic rings. The Labute approximate surface area is 160 Å². The fourth-order valence-corrected chi connectivity index (χ4v) is 2.65. The van der Waals surface area contributed by atoms with Gasteiger partial charge in [0.15, 0.2) is 6.61 Å². The first-order valence-electron chi connectivity index (χ1n) is 8.70. The summed E-state index contributed by atoms with van der Waals surface area (Å²) in [5.74, 6) is 0.0672. The Morgan fingerprint density at radius 3 is 2.68 bits per heavy atom. The number of hydrogen-bond acceptors (Lipinski definition) is 5. The number of carbonyl (C=O) groups excluding carboxylic acids is 1. The average Bonchev–Trinajstić information content (AvgIpc) is 2.70. The van der Waals surface area contributed by atoms with Crippen LogP contribution in [-0.2, 0) is 16.1 Å². The van der Waals surface area contributed by atoms with Crippen molar-refractivity contribution in [1.82, 2.24) is 14.9 Å². The summed E-state index contributed by atoms with van der Waals surface area (Å²) < 4.78 is 23.4. The van der Waals surface area contributed by atoms with Crippen LogP contribution in [0.3, 0.4) is 0 Å². The van der Waals surface area contributed by atoms with Crippen LogP contribution in [0.25, 0.3) is 10.9 Å². The van der Waals surface area contributed by atoms with Crippen LogP contribution in [0.1, 0.15) is 5.82 Å². The molecule has 0 aliphatic carbocycles. The Bertz CT molecular complexity index is 1000. The number of benzene rings is 2. The highest BCUT2D eigenvalue weighted by Crippen LogP contribution is 2.12. The second kappa shape index (κ2) is 9.09. The van der Waals surface area contributed by atoms with Crippen molar-refractivity contribution in [3.05, 3.63) is 70.5 Å². The van der Waals surface area contributed by atoms with Gasteiger partial charge in [-0.1, -0.05) is 12.1 Å². The van der Waals surface area contributed by atoms with Crippen LogP contribution in [0.2, 0.25) is 0 Å². The van der Waals surface area contributed by atoms with Gasteiger partial charge >= 0.3 is 0 Å². The van der Waals surface area contributed by atoms with Gasteiger partial charge in [-0.25, -0.2) is 9.37 Å². The number of carbonyl (C=O) groups is 1. The number of fused-ring (bicyclic) bond motifs is 1. The van der Waals surface area contributed by atoms with Crippen molar-refractivity contribution in [3.63, 3.8) is 0 Å². The predicted molar refractivity (Wildman–Crippen MR) is 102 cm³/mol. The van der Waals surface area contributed by atoms with Gasteiger partial charge in [-0.15, -0.1) is 0 Å². The van der Waals surface area contributed by atoms with Gasteiger partial charge in [0, 0.05) is 13.7 Å². The van der Waals surface area contributed by atoms with Crippen molar-refractivity contribution in [2.45, 2.75) is 6.54 Å². The molecule has 0 spiro atoms. The van der Waals surface area contributed by atoms with Crippen molar-refractivity contribution in [3.8, 4) is 5.75 Å². The summed E-state index contributed by atoms with van der Waals surface area (Å²) in [6.45, 7) is 0.501. The molecule has 0 saturated carbocycles. The maximum absolute atomic E-state index is 13.0. The van der Waals surface area contributed by atoms with E-state index < -0.39 is 0 Å². The van der Waals surface area contributed by atoms with Gasteiger partial charge in [-0.05, 0) is 36.4 Å². The first kappa shape index (κ1) is 19.5. The van der Waals surface area contributed by atoms with Crippen molar-refractivity contribution in [2.75, 3.05) is 26.9 Å². The van der Waals surface area contributed by atoms with Gasteiger partial charge < -0.3 is 19.4 Å². The molecule has 1 amide bonds. The number of para-hydroxylation sites is 1. The number of aromatic nitrogens is 2. The van der Waals surface area contributed by atoms with Gasteiger partial charge in [0.05, 0.1) is 24.1 Å². The lowest BCUT2D eigenvalue weighted by atomic mass is 10.2. The SMILES string of the molecule is COCCN(Cc1nc2ccccc2c(=O)[nH]1)C(=O)COc1ccc(F)cc1. The van der Waals surface area contributed by atoms with Gasteiger partial charge in [0.25, 0.3) is 11.5 Å². The number of halogens is 1. The first-order chi connectivity index (χ1) is 13.6. The van der Waals surface area contributed by atoms with E-state index in [1.165, 1.54) is 36.3 Å². The highest BCUT2D eigenvalue weighted by molar-refractivity contribution is 5.78. The maximum Gasteiger partial charge on any atom is 0.260 e. The minimum absolute atomic E-state index is 0.106. The summed E-state index contributed by atoms with van der Waals surface area (Å²) in [5.41, 5.74) is 0.297. The molecule has 3 rings (SSSR count). The number of nitrogens with zero attached hydrogens (tertiary/aromatic N) is 2. The second-order valence-corrected chi connectivity index (χ2v) is 6.08. The molecule has 0 radical (unpaired) electrons. The third kappa shape index (κ3) is 4.92. The van der Waals surface area contributed by atoms with Crippen molar-refractivity contribution >= 4 is 16.8 Å². The molecule has 0 aliphatic heterocycles. The Kier molecular flexibility index (Phi) is 6.33. The largest absolute Gasteiger partial charge is 0.484 e. The highest BCUT2D eigenvalue weighted by Gasteiger charge is 2.16. The Morgan fingerprint density at radius 2 is 1.93 bits per heavy atom. The molecule has 8 heteroatoms. The van der Waals surface area contributed by atoms with Crippen LogP contribution >= 0.6 is 0 Å². The number of methoxy groups -OCH3 is 1. The van der Waals surface area contributed by atoms with E-state index in [1.54, 1.807) is 24.3 Å². The van der Waals surface area contributed by atoms with Crippen LogP contribution in [0, 0.1) is 5.82 Å². The highest BCUT2D eigenvalue weighted by atomic mass is 19.1. The minimum Gasteiger partial charge on any atom is -0.484 e. The van der Waals surface area contributed by atoms with E-state index in [0.717, 1.165) is 0 Å². The molecule has 0 atom stereocenters. The Balaban J connectivity index is 1.73. The molecule has 2 aromatic carbocycles. The molecule has 0 aliphatic rings. The molecule has 1 aromatic heterocycles. The minimum atomic E-state index is -0.383. The van der Waals surface area contributed by atoms with Gasteiger partial charge in [-0.2, -0.15) is 0 Å². The molecule has 1 heterocycles. The summed E-state index contributed by atoms with van der Waals surface area (Å²) >= 11 is 0. The van der Waals surface area contributed by atoms with Crippen molar-refractivity contribution in [2.24, 2.45) is 0 Å². The Hall–Kier alpha value is -3.26. The summed E-state index contributed by atoms with van der Waals surface area (Å²) in [7, 11) is 1.54. The van der Waals surface area contributed by atoms with Crippen LogP contribution in [-0.4, -0.2) is 47.6 Å². The number of H-pyrrole nitrogens is 1. The summed E-state index contributed by atoms with van der Waals surface area (Å²) in [6.07, 6.45) is 0. The lowest BCUT2D eigenvalue weighted by molar-refractivity contribution is -0.134. The third-order valence-electron chi connectivity index (χ3n) is 4.10. The van der Waals surface area contributed by atoms with E-state index in [2.05, 4.69) is 9.97 Å². The standard InChI is InChI=1S/C20H20FN3O4/c1-27-11-10-24(19(25)13-28-15-8-6-14(21)7-9-15)12-18-22-17-5-3-2-4-16(17)20(26)23-18/h2-9H,10-13H2,1H3,(H,22,23,26). The molecular formula is C20H20FN3O4. The van der Waals surface area contributed by atoms with Gasteiger partial charge in [0.1, 0.15) is 17.4 Å². The zero-order chi connectivity index (χ0) is 19.9. The van der Waals surface area contributed by atoms with E-state index in [9.17, 15) is 14.0 Å². The van der Waals surface area contributed by atoms with E-state index in [-0.39, 0.29) is 30.4 Å². The molecule has 28 heavy (non-hydrogen) atoms. The van der Waals surface area contributed by atoms with E-state index in [4.69, 9.17) is 9.47 Å². The number of hydrogen-bond donors (Lipinski definition) is 1. The lowest BCUT2D eigenvalue weighted by Gasteiger charge is -2.22. The lowest BCUT2D eigenvalue weighted by Crippen LogP contribution is -2.37. The van der Waals surface area contributed by atoms with Crippen LogP contribution in [0.5, 0.6) is 5.75 Å². The van der Waals surface area contributed by atoms with E-state index in [0.29, 0.717) is 35.6 Å². The Morgan fingerprint density at radius 1 is 1.18 bits per heavy atom. The van der Waals surface area contributed by atoms with Crippen LogP contribution in [0.15, 0.2) is 53.3 Å². The topological polar surface area (TPSA) is 84.5 Å². The maximum atomic E-state index is 13.0. The number of aromatic amines is 1. The fraction of sp³-hybridized carbons (Fsp3) is 0.250. The molecule has 146 valence electrons. The molecular weight excluding hydrogens is 365 g/mol. The first-order valence-corrected chi connectivity index (χ1v) is 8.70. The molecule has 7 nitrogen and oxygen atoms in total. The fourth-order valence-electron chi connectivity index (χ4n) is 2.65. The molecule has 0 fully saturated rings. The van der Waals surface area contributed by atoms with Crippen molar-refractivity contribution < 1.29 is 18.7 Å². The number of rotatable bonds is 8. The summed E-state index contributed by atoms with van der Waals surface area (Å²) in [6, 6.07) is 12.4. The smallest absolute Gasteiger partial charge is 0.260 e. The summed E-state index contributed by atoms with van der Waals surface area (Å²) in [5, 5.41) is 0.487. The van der Waals surface area contributed by atoms with Crippen molar-refractivity contribution in [1.29, 1.82) is 0 Å². The number of amides is 1. The van der Waals surface area contributed by atoms with Gasteiger partial charge in [0.2, 0.25) is 0 Å². The third-order valence-corrected chi connectivity index (χ3v) is 4.10. The monoisotopic (exact) mass is 385 g/mol. The summed E-state index contributed by atoms with van der Waals surface area (Å²) in [4.78, 5) is 33.4. The number of nitrogens with one attached hydrogen (secondary N) is 1. The molecule has 0 unspecified atom stereocenters. The zero-order valence-corrected chi connectivity index (χ0v) is 15.4. The average molecular weight is 385 g/mol. The molecule has 1 N–H and O–H groups in total. The number of ether oxygens (including phenoxy) is 2. The van der Waals surface area contributed by atoms with E-state index >= 15 is 0 Å². The normalized spacial score (nSPS) is 10.8. The quantitative estimate of drug-likeness (QED) is 0.642. The second-order valence-electron chi connectivity index (χ2n) is 6.08. The predicted octanol–water partition coefficient (Wildman–Crippen LogP) is 2.12. The van der Waals surface area contributed by atoms with Gasteiger partial charge in [-0.3, -0.25) is 9.59 Å². The van der Waals surface area contributed by atoms with Crippen LogP contribution in [0.4, 0.5) is 4.39 Å². The molecule has 0 bridgehead atoms.